The lowest BCUT2D eigenvalue weighted by Gasteiger charge is -2.31. The second kappa shape index (κ2) is 10.1. The molecule has 176 valence electrons. The van der Waals surface area contributed by atoms with E-state index in [1.54, 1.807) is 18.2 Å². The number of sulfonamides is 1. The topological polar surface area (TPSA) is 86.8 Å². The van der Waals surface area contributed by atoms with Gasteiger partial charge in [-0.3, -0.25) is 14.5 Å². The number of nitrogens with one attached hydrogen (secondary N) is 1. The predicted molar refractivity (Wildman–Crippen MR) is 129 cm³/mol. The summed E-state index contributed by atoms with van der Waals surface area (Å²) in [7, 11) is -3.67. The smallest absolute Gasteiger partial charge is 0.251 e. The molecule has 0 unspecified atom stereocenters. The number of benzene rings is 2. The van der Waals surface area contributed by atoms with Crippen LogP contribution in [0.2, 0.25) is 0 Å². The molecule has 1 atom stereocenters. The molecule has 2 amide bonds. The van der Waals surface area contributed by atoms with E-state index >= 15 is 0 Å². The van der Waals surface area contributed by atoms with E-state index in [-0.39, 0.29) is 29.8 Å². The molecule has 7 nitrogen and oxygen atoms in total. The maximum absolute atomic E-state index is 13.0. The zero-order valence-corrected chi connectivity index (χ0v) is 19.8. The first-order valence-electron chi connectivity index (χ1n) is 11.6. The fraction of sp³-hybridized carbons (Fsp3) is 0.440. The number of carbonyl (C=O) groups is 2. The number of nitrogens with zero attached hydrogens (tertiary/aromatic N) is 2. The monoisotopic (exact) mass is 469 g/mol. The highest BCUT2D eigenvalue weighted by Gasteiger charge is 2.36. The van der Waals surface area contributed by atoms with Gasteiger partial charge < -0.3 is 5.32 Å². The van der Waals surface area contributed by atoms with Crippen LogP contribution >= 0.6 is 0 Å². The first kappa shape index (κ1) is 23.4. The number of anilines is 1. The minimum atomic E-state index is -3.67. The van der Waals surface area contributed by atoms with Gasteiger partial charge in [-0.05, 0) is 56.6 Å². The van der Waals surface area contributed by atoms with Crippen LogP contribution in [0.3, 0.4) is 0 Å². The Morgan fingerprint density at radius 1 is 1.03 bits per heavy atom. The molecule has 2 aliphatic heterocycles. The van der Waals surface area contributed by atoms with Crippen molar-refractivity contribution in [3.05, 3.63) is 65.2 Å². The summed E-state index contributed by atoms with van der Waals surface area (Å²) in [4.78, 5) is 27.6. The van der Waals surface area contributed by atoms with E-state index in [9.17, 15) is 18.0 Å². The minimum Gasteiger partial charge on any atom is -0.350 e. The molecule has 1 N–H and O–H groups in total. The fourth-order valence-electron chi connectivity index (χ4n) is 4.59. The second-order valence-electron chi connectivity index (χ2n) is 8.86. The maximum Gasteiger partial charge on any atom is 0.251 e. The molecule has 2 heterocycles. The van der Waals surface area contributed by atoms with Crippen molar-refractivity contribution in [2.75, 3.05) is 29.7 Å². The Kier molecular flexibility index (Phi) is 7.14. The average molecular weight is 470 g/mol. The summed E-state index contributed by atoms with van der Waals surface area (Å²) in [6.07, 6.45) is 4.73. The van der Waals surface area contributed by atoms with Crippen molar-refractivity contribution in [1.82, 2.24) is 10.2 Å². The van der Waals surface area contributed by atoms with E-state index in [4.69, 9.17) is 0 Å². The minimum absolute atomic E-state index is 0.0349. The summed E-state index contributed by atoms with van der Waals surface area (Å²) in [5.41, 5.74) is 2.92. The normalized spacial score (nSPS) is 19.8. The first-order valence-corrected chi connectivity index (χ1v) is 13.2. The van der Waals surface area contributed by atoms with Crippen LogP contribution in [0.4, 0.5) is 5.69 Å². The van der Waals surface area contributed by atoms with Crippen molar-refractivity contribution >= 4 is 27.5 Å². The van der Waals surface area contributed by atoms with Gasteiger partial charge in [0.2, 0.25) is 15.9 Å². The van der Waals surface area contributed by atoms with Gasteiger partial charge in [0.15, 0.2) is 0 Å². The van der Waals surface area contributed by atoms with Gasteiger partial charge in [0.1, 0.15) is 0 Å². The van der Waals surface area contributed by atoms with Crippen molar-refractivity contribution in [2.45, 2.75) is 45.1 Å². The van der Waals surface area contributed by atoms with E-state index < -0.39 is 15.9 Å². The summed E-state index contributed by atoms with van der Waals surface area (Å²) < 4.78 is 25.3. The first-order chi connectivity index (χ1) is 15.8. The van der Waals surface area contributed by atoms with Crippen LogP contribution in [0.15, 0.2) is 48.5 Å². The summed E-state index contributed by atoms with van der Waals surface area (Å²) in [6.45, 7) is 4.51. The van der Waals surface area contributed by atoms with E-state index in [0.29, 0.717) is 12.1 Å². The van der Waals surface area contributed by atoms with Crippen LogP contribution in [0, 0.1) is 6.92 Å². The zero-order chi connectivity index (χ0) is 23.4. The Morgan fingerprint density at radius 2 is 1.73 bits per heavy atom. The molecule has 0 radical (unpaired) electrons. The Balaban J connectivity index is 1.51. The van der Waals surface area contributed by atoms with Crippen molar-refractivity contribution < 1.29 is 18.0 Å². The van der Waals surface area contributed by atoms with Crippen LogP contribution in [0.1, 0.15) is 59.6 Å². The average Bonchev–Trinajstić information content (AvgIpc) is 2.97. The van der Waals surface area contributed by atoms with Crippen molar-refractivity contribution in [1.29, 1.82) is 0 Å². The molecule has 0 spiro atoms. The molecule has 2 aliphatic rings. The molecule has 4 rings (SSSR count). The van der Waals surface area contributed by atoms with Gasteiger partial charge in [-0.1, -0.05) is 48.7 Å². The van der Waals surface area contributed by atoms with Crippen LogP contribution < -0.4 is 9.62 Å². The Morgan fingerprint density at radius 3 is 2.36 bits per heavy atom. The van der Waals surface area contributed by atoms with Crippen molar-refractivity contribution in [2.24, 2.45) is 0 Å². The molecule has 33 heavy (non-hydrogen) atoms. The number of aryl methyl sites for hydroxylation is 1. The van der Waals surface area contributed by atoms with Crippen LogP contribution in [-0.2, 0) is 14.8 Å². The fourth-order valence-corrected chi connectivity index (χ4v) is 6.04. The van der Waals surface area contributed by atoms with Gasteiger partial charge in [-0.25, -0.2) is 12.7 Å². The Hall–Kier alpha value is -2.71. The molecule has 2 fully saturated rings. The molecule has 2 saturated heterocycles. The maximum atomic E-state index is 13.0. The quantitative estimate of drug-likeness (QED) is 0.701. The van der Waals surface area contributed by atoms with Gasteiger partial charge in [0.25, 0.3) is 5.91 Å². The van der Waals surface area contributed by atoms with E-state index in [0.717, 1.165) is 30.2 Å². The highest BCUT2D eigenvalue weighted by Crippen LogP contribution is 2.27. The third kappa shape index (κ3) is 5.45. The van der Waals surface area contributed by atoms with Gasteiger partial charge in [-0.2, -0.15) is 0 Å². The Bertz CT molecular complexity index is 1110. The number of hydrogen-bond donors (Lipinski definition) is 1. The highest BCUT2D eigenvalue weighted by molar-refractivity contribution is 7.94. The number of rotatable bonds is 6. The lowest BCUT2D eigenvalue weighted by molar-refractivity contribution is -0.116. The number of likely N-dealkylation sites (tertiary alicyclic amines) is 1. The summed E-state index contributed by atoms with van der Waals surface area (Å²) in [5.74, 6) is -0.947. The SMILES string of the molecule is Cc1ccc([C@H](CNC(=O)c2cccc(N3C(=O)CCS3(=O)=O)c2)N2CCCCCC2)cc1. The third-order valence-electron chi connectivity index (χ3n) is 6.42. The van der Waals surface area contributed by atoms with Crippen LogP contribution in [0.5, 0.6) is 0 Å². The predicted octanol–water partition coefficient (Wildman–Crippen LogP) is 3.41. The highest BCUT2D eigenvalue weighted by atomic mass is 32.2. The van der Waals surface area contributed by atoms with Gasteiger partial charge in [-0.15, -0.1) is 0 Å². The third-order valence-corrected chi connectivity index (χ3v) is 8.11. The molecule has 2 aromatic carbocycles. The molecule has 0 bridgehead atoms. The summed E-state index contributed by atoms with van der Waals surface area (Å²) >= 11 is 0. The van der Waals surface area contributed by atoms with Crippen molar-refractivity contribution in [3.63, 3.8) is 0 Å². The number of carbonyl (C=O) groups excluding carboxylic acids is 2. The Labute approximate surface area is 195 Å². The van der Waals surface area contributed by atoms with Gasteiger partial charge in [0.05, 0.1) is 17.5 Å². The molecule has 8 heteroatoms. The molecular formula is C25H31N3O4S. The lowest BCUT2D eigenvalue weighted by Crippen LogP contribution is -2.38. The van der Waals surface area contributed by atoms with E-state index in [2.05, 4.69) is 41.4 Å². The molecule has 2 aromatic rings. The summed E-state index contributed by atoms with van der Waals surface area (Å²) in [5, 5.41) is 3.05. The van der Waals surface area contributed by atoms with Crippen LogP contribution in [-0.4, -0.2) is 50.5 Å². The molecular weight excluding hydrogens is 438 g/mol. The number of amides is 2. The second-order valence-corrected chi connectivity index (χ2v) is 10.8. The zero-order valence-electron chi connectivity index (χ0n) is 19.0. The standard InChI is InChI=1S/C25H31N3O4S/c1-19-9-11-20(12-10-19)23(27-14-4-2-3-5-15-27)18-26-25(30)21-7-6-8-22(17-21)28-24(29)13-16-33(28,31)32/h6-12,17,23H,2-5,13-16,18H2,1H3,(H,26,30)/t23-/m0/s1. The van der Waals surface area contributed by atoms with Gasteiger partial charge in [0, 0.05) is 18.5 Å². The number of hydrogen-bond acceptors (Lipinski definition) is 5. The van der Waals surface area contributed by atoms with E-state index in [1.807, 2.05) is 0 Å². The van der Waals surface area contributed by atoms with E-state index in [1.165, 1.54) is 30.0 Å². The van der Waals surface area contributed by atoms with Crippen LogP contribution in [0.25, 0.3) is 0 Å². The van der Waals surface area contributed by atoms with Crippen molar-refractivity contribution in [3.8, 4) is 0 Å². The lowest BCUT2D eigenvalue weighted by atomic mass is 10.0. The molecule has 0 aliphatic carbocycles. The summed E-state index contributed by atoms with van der Waals surface area (Å²) in [6, 6.07) is 14.8. The van der Waals surface area contributed by atoms with Gasteiger partial charge >= 0.3 is 0 Å². The largest absolute Gasteiger partial charge is 0.350 e. The molecule has 0 saturated carbocycles. The molecule has 0 aromatic heterocycles.